The highest BCUT2D eigenvalue weighted by atomic mass is 31.0. The summed E-state index contributed by atoms with van der Waals surface area (Å²) in [5, 5.41) is 1.26. The van der Waals surface area contributed by atoms with Gasteiger partial charge in [0.15, 0.2) is 0 Å². The Kier molecular flexibility index (Phi) is 6.58. The van der Waals surface area contributed by atoms with Gasteiger partial charge in [0.25, 0.3) is 0 Å². The number of hydrogen-bond acceptors (Lipinski definition) is 1. The van der Waals surface area contributed by atoms with E-state index in [0.717, 1.165) is 17.5 Å². The third-order valence-electron chi connectivity index (χ3n) is 3.60. The Morgan fingerprint density at radius 1 is 1.05 bits per heavy atom. The van der Waals surface area contributed by atoms with Crippen molar-refractivity contribution in [1.82, 2.24) is 0 Å². The first-order chi connectivity index (χ1) is 9.85. The zero-order valence-electron chi connectivity index (χ0n) is 13.2. The van der Waals surface area contributed by atoms with Crippen LogP contribution in [0.1, 0.15) is 39.5 Å². The molecule has 0 saturated carbocycles. The quantitative estimate of drug-likeness (QED) is 0.848. The first-order valence-electron chi connectivity index (χ1n) is 7.07. The van der Waals surface area contributed by atoms with E-state index in [1.54, 1.807) is 0 Å². The molecule has 0 aliphatic rings. The van der Waals surface area contributed by atoms with E-state index in [1.165, 1.54) is 16.4 Å². The number of amides is 1. The van der Waals surface area contributed by atoms with Crippen LogP contribution >= 0.6 is 9.24 Å². The molecule has 2 rings (SSSR count). The van der Waals surface area contributed by atoms with E-state index in [1.807, 2.05) is 32.9 Å². The third kappa shape index (κ3) is 5.32. The van der Waals surface area contributed by atoms with Crippen LogP contribution in [0.4, 0.5) is 0 Å². The SMILES string of the molecule is CCc1ccc(P)cc1.Cc1cc(C(N)=O)cc(C)c1C. The highest BCUT2D eigenvalue weighted by Gasteiger charge is 2.04. The molecule has 0 heterocycles. The number of rotatable bonds is 2. The van der Waals surface area contributed by atoms with Crippen molar-refractivity contribution in [3.05, 3.63) is 64.2 Å². The first kappa shape index (κ1) is 17.4. The monoisotopic (exact) mass is 301 g/mol. The number of nitrogens with two attached hydrogens (primary N) is 1. The van der Waals surface area contributed by atoms with Crippen LogP contribution in [0.2, 0.25) is 0 Å². The first-order valence-corrected chi connectivity index (χ1v) is 7.65. The standard InChI is InChI=1S/C10H13NO.C8H11P/c1-6-4-9(10(11)12)5-7(2)8(6)3;1-2-7-3-5-8(9)6-4-7/h4-5H,1-3H3,(H2,11,12);3-6H,2,9H2,1H3. The van der Waals surface area contributed by atoms with Gasteiger partial charge in [-0.3, -0.25) is 4.79 Å². The fourth-order valence-corrected chi connectivity index (χ4v) is 2.12. The number of primary amides is 1. The molecule has 21 heavy (non-hydrogen) atoms. The van der Waals surface area contributed by atoms with E-state index in [2.05, 4.69) is 40.4 Å². The van der Waals surface area contributed by atoms with Crippen molar-refractivity contribution in [1.29, 1.82) is 0 Å². The molecule has 0 radical (unpaired) electrons. The summed E-state index contributed by atoms with van der Waals surface area (Å²) in [7, 11) is 2.67. The highest BCUT2D eigenvalue weighted by Crippen LogP contribution is 2.14. The van der Waals surface area contributed by atoms with Crippen molar-refractivity contribution in [2.75, 3.05) is 0 Å². The van der Waals surface area contributed by atoms with Gasteiger partial charge in [-0.25, -0.2) is 0 Å². The van der Waals surface area contributed by atoms with Crippen molar-refractivity contribution in [2.24, 2.45) is 5.73 Å². The lowest BCUT2D eigenvalue weighted by Crippen LogP contribution is -2.11. The van der Waals surface area contributed by atoms with E-state index >= 15 is 0 Å². The Hall–Kier alpha value is -1.66. The molecule has 1 unspecified atom stereocenters. The predicted molar refractivity (Wildman–Crippen MR) is 94.3 cm³/mol. The lowest BCUT2D eigenvalue weighted by molar-refractivity contribution is 0.1000. The summed E-state index contributed by atoms with van der Waals surface area (Å²) in [6, 6.07) is 12.2. The van der Waals surface area contributed by atoms with Gasteiger partial charge in [-0.2, -0.15) is 0 Å². The van der Waals surface area contributed by atoms with Gasteiger partial charge < -0.3 is 5.73 Å². The minimum Gasteiger partial charge on any atom is -0.366 e. The summed E-state index contributed by atoms with van der Waals surface area (Å²) in [6.45, 7) is 8.16. The molecular formula is C18H24NOP. The molecular weight excluding hydrogens is 277 g/mol. The van der Waals surface area contributed by atoms with Gasteiger partial charge in [-0.1, -0.05) is 31.2 Å². The summed E-state index contributed by atoms with van der Waals surface area (Å²) in [4.78, 5) is 10.8. The van der Waals surface area contributed by atoms with Gasteiger partial charge in [0.1, 0.15) is 0 Å². The molecule has 0 aromatic heterocycles. The van der Waals surface area contributed by atoms with Gasteiger partial charge in [-0.15, -0.1) is 9.24 Å². The van der Waals surface area contributed by atoms with E-state index in [0.29, 0.717) is 5.56 Å². The van der Waals surface area contributed by atoms with Crippen molar-refractivity contribution < 1.29 is 4.79 Å². The van der Waals surface area contributed by atoms with Gasteiger partial charge >= 0.3 is 0 Å². The van der Waals surface area contributed by atoms with Crippen molar-refractivity contribution in [2.45, 2.75) is 34.1 Å². The Labute approximate surface area is 130 Å². The van der Waals surface area contributed by atoms with Crippen LogP contribution in [0.15, 0.2) is 36.4 Å². The summed E-state index contributed by atoms with van der Waals surface area (Å²) in [5.41, 5.74) is 10.6. The molecule has 2 N–H and O–H groups in total. The lowest BCUT2D eigenvalue weighted by atomic mass is 10.0. The maximum Gasteiger partial charge on any atom is 0.248 e. The molecule has 3 heteroatoms. The fourth-order valence-electron chi connectivity index (χ4n) is 1.93. The maximum atomic E-state index is 10.8. The van der Waals surface area contributed by atoms with Crippen LogP contribution in [-0.4, -0.2) is 5.91 Å². The predicted octanol–water partition coefficient (Wildman–Crippen LogP) is 3.46. The third-order valence-corrected chi connectivity index (χ3v) is 3.98. The zero-order chi connectivity index (χ0) is 16.0. The number of aryl methyl sites for hydroxylation is 3. The molecule has 1 amide bonds. The molecule has 0 aliphatic heterocycles. The van der Waals surface area contributed by atoms with Crippen LogP contribution in [0.5, 0.6) is 0 Å². The molecule has 0 saturated heterocycles. The Morgan fingerprint density at radius 3 is 1.90 bits per heavy atom. The fraction of sp³-hybridized carbons (Fsp3) is 0.278. The molecule has 2 aromatic carbocycles. The Balaban J connectivity index is 0.000000219. The normalized spacial score (nSPS) is 9.76. The largest absolute Gasteiger partial charge is 0.366 e. The maximum absolute atomic E-state index is 10.8. The van der Waals surface area contributed by atoms with Crippen LogP contribution in [-0.2, 0) is 6.42 Å². The van der Waals surface area contributed by atoms with E-state index in [4.69, 9.17) is 5.73 Å². The number of hydrogen-bond donors (Lipinski definition) is 1. The van der Waals surface area contributed by atoms with Crippen LogP contribution < -0.4 is 11.0 Å². The van der Waals surface area contributed by atoms with Crippen molar-refractivity contribution in [3.63, 3.8) is 0 Å². The van der Waals surface area contributed by atoms with Gasteiger partial charge in [-0.05, 0) is 66.9 Å². The molecule has 0 fully saturated rings. The van der Waals surface area contributed by atoms with Gasteiger partial charge in [0.2, 0.25) is 5.91 Å². The van der Waals surface area contributed by atoms with E-state index in [-0.39, 0.29) is 5.91 Å². The molecule has 0 bridgehead atoms. The molecule has 0 spiro atoms. The smallest absolute Gasteiger partial charge is 0.248 e. The molecule has 2 aromatic rings. The second-order valence-electron chi connectivity index (χ2n) is 5.19. The summed E-state index contributed by atoms with van der Waals surface area (Å²) in [6.07, 6.45) is 1.13. The second kappa shape index (κ2) is 7.95. The van der Waals surface area contributed by atoms with Crippen LogP contribution in [0, 0.1) is 20.8 Å². The van der Waals surface area contributed by atoms with Crippen molar-refractivity contribution in [3.8, 4) is 0 Å². The lowest BCUT2D eigenvalue weighted by Gasteiger charge is -2.05. The molecule has 112 valence electrons. The molecule has 1 atom stereocenters. The summed E-state index contributed by atoms with van der Waals surface area (Å²) >= 11 is 0. The minimum absolute atomic E-state index is 0.360. The number of benzene rings is 2. The summed E-state index contributed by atoms with van der Waals surface area (Å²) < 4.78 is 0. The number of carbonyl (C=O) groups excluding carboxylic acids is 1. The highest BCUT2D eigenvalue weighted by molar-refractivity contribution is 7.27. The number of carbonyl (C=O) groups is 1. The van der Waals surface area contributed by atoms with Crippen molar-refractivity contribution >= 4 is 20.5 Å². The van der Waals surface area contributed by atoms with E-state index < -0.39 is 0 Å². The summed E-state index contributed by atoms with van der Waals surface area (Å²) in [5.74, 6) is -0.360. The average Bonchev–Trinajstić information content (AvgIpc) is 2.45. The zero-order valence-corrected chi connectivity index (χ0v) is 14.4. The Morgan fingerprint density at radius 2 is 1.52 bits per heavy atom. The van der Waals surface area contributed by atoms with Crippen LogP contribution in [0.25, 0.3) is 0 Å². The van der Waals surface area contributed by atoms with Gasteiger partial charge in [0.05, 0.1) is 0 Å². The molecule has 2 nitrogen and oxygen atoms in total. The van der Waals surface area contributed by atoms with Crippen LogP contribution in [0.3, 0.4) is 0 Å². The minimum atomic E-state index is -0.360. The average molecular weight is 301 g/mol. The van der Waals surface area contributed by atoms with E-state index in [9.17, 15) is 4.79 Å². The topological polar surface area (TPSA) is 43.1 Å². The second-order valence-corrected chi connectivity index (χ2v) is 5.86. The Bertz CT molecular complexity index is 595. The molecule has 0 aliphatic carbocycles. The van der Waals surface area contributed by atoms with Gasteiger partial charge in [0, 0.05) is 5.56 Å².